The maximum Gasteiger partial charge on any atom is 0.202 e. The molecule has 0 aliphatic heterocycles. The Labute approximate surface area is 180 Å². The molecule has 0 bridgehead atoms. The van der Waals surface area contributed by atoms with E-state index >= 15 is 0 Å². The molecule has 3 aromatic heterocycles. The van der Waals surface area contributed by atoms with Crippen molar-refractivity contribution in [2.24, 2.45) is 0 Å². The van der Waals surface area contributed by atoms with Crippen LogP contribution in [0.15, 0.2) is 68.9 Å². The van der Waals surface area contributed by atoms with E-state index in [4.69, 9.17) is 8.94 Å². The molecule has 0 unspecified atom stereocenters. The van der Waals surface area contributed by atoms with Gasteiger partial charge >= 0.3 is 0 Å². The molecule has 1 atom stereocenters. The topological polar surface area (TPSA) is 73.1 Å². The van der Waals surface area contributed by atoms with E-state index in [9.17, 15) is 0 Å². The molecule has 0 saturated heterocycles. The van der Waals surface area contributed by atoms with Gasteiger partial charge in [0, 0.05) is 11.8 Å². The summed E-state index contributed by atoms with van der Waals surface area (Å²) in [6.07, 6.45) is 2.58. The first kappa shape index (κ1) is 20.4. The highest BCUT2D eigenvalue weighted by molar-refractivity contribution is 7.98. The van der Waals surface area contributed by atoms with Gasteiger partial charge in [-0.05, 0) is 38.2 Å². The number of hydrogen-bond donors (Lipinski definition) is 0. The van der Waals surface area contributed by atoms with Crippen LogP contribution in [0.25, 0.3) is 11.5 Å². The highest BCUT2D eigenvalue weighted by Gasteiger charge is 2.22. The molecule has 0 fully saturated rings. The minimum Gasteiger partial charge on any atom is -0.461 e. The summed E-state index contributed by atoms with van der Waals surface area (Å²) in [5, 5.41) is 14.1. The van der Waals surface area contributed by atoms with Gasteiger partial charge in [-0.3, -0.25) is 4.90 Å². The molecule has 3 heterocycles. The van der Waals surface area contributed by atoms with Crippen LogP contribution >= 0.6 is 11.8 Å². The largest absolute Gasteiger partial charge is 0.461 e. The van der Waals surface area contributed by atoms with Crippen LogP contribution in [0.4, 0.5) is 0 Å². The molecule has 1 aromatic carbocycles. The number of aromatic nitrogens is 4. The van der Waals surface area contributed by atoms with Crippen molar-refractivity contribution < 1.29 is 8.94 Å². The van der Waals surface area contributed by atoms with E-state index in [1.807, 2.05) is 24.3 Å². The van der Waals surface area contributed by atoms with Crippen LogP contribution in [0.3, 0.4) is 0 Å². The van der Waals surface area contributed by atoms with Gasteiger partial charge in [0.2, 0.25) is 5.76 Å². The fourth-order valence-corrected chi connectivity index (χ4v) is 4.23. The summed E-state index contributed by atoms with van der Waals surface area (Å²) >= 11 is 1.61. The number of benzene rings is 1. The molecule has 0 spiro atoms. The van der Waals surface area contributed by atoms with Gasteiger partial charge in [-0.2, -0.15) is 0 Å². The summed E-state index contributed by atoms with van der Waals surface area (Å²) in [7, 11) is 4.15. The number of furan rings is 1. The molecule has 0 aliphatic rings. The Bertz CT molecular complexity index is 1060. The van der Waals surface area contributed by atoms with Crippen molar-refractivity contribution in [1.29, 1.82) is 0 Å². The zero-order valence-corrected chi connectivity index (χ0v) is 18.2. The van der Waals surface area contributed by atoms with Crippen LogP contribution in [0.2, 0.25) is 0 Å². The summed E-state index contributed by atoms with van der Waals surface area (Å²) in [5.74, 6) is 2.91. The normalized spacial score (nSPS) is 12.5. The van der Waals surface area contributed by atoms with Crippen LogP contribution in [0, 0.1) is 0 Å². The minimum atomic E-state index is 0.202. The second-order valence-corrected chi connectivity index (χ2v) is 8.19. The van der Waals surface area contributed by atoms with Crippen LogP contribution in [-0.4, -0.2) is 38.9 Å². The molecule has 30 heavy (non-hydrogen) atoms. The number of hydrogen-bond acceptors (Lipinski definition) is 7. The van der Waals surface area contributed by atoms with Gasteiger partial charge in [0.05, 0.1) is 24.5 Å². The molecule has 0 radical (unpaired) electrons. The zero-order chi connectivity index (χ0) is 20.9. The van der Waals surface area contributed by atoms with Crippen molar-refractivity contribution >= 4 is 11.8 Å². The second kappa shape index (κ2) is 9.32. The first-order valence-electron chi connectivity index (χ1n) is 9.91. The molecule has 0 saturated carbocycles. The first-order valence-corrected chi connectivity index (χ1v) is 10.9. The molecule has 0 amide bonds. The fourth-order valence-electron chi connectivity index (χ4n) is 3.40. The summed E-state index contributed by atoms with van der Waals surface area (Å²) in [6.45, 7) is 2.90. The van der Waals surface area contributed by atoms with Crippen molar-refractivity contribution in [1.82, 2.24) is 24.8 Å². The average Bonchev–Trinajstić information content (AvgIpc) is 3.49. The molecule has 156 valence electrons. The third kappa shape index (κ3) is 4.49. The maximum absolute atomic E-state index is 5.41. The van der Waals surface area contributed by atoms with Crippen molar-refractivity contribution in [2.75, 3.05) is 14.1 Å². The fraction of sp³-hybridized carbons (Fsp3) is 0.318. The lowest BCUT2D eigenvalue weighted by molar-refractivity contribution is 0.272. The Balaban J connectivity index is 1.57. The van der Waals surface area contributed by atoms with Gasteiger partial charge < -0.3 is 13.5 Å². The average molecular weight is 424 g/mol. The molecule has 0 N–H and O–H groups in total. The Morgan fingerprint density at radius 1 is 1.07 bits per heavy atom. The van der Waals surface area contributed by atoms with Crippen LogP contribution in [-0.2, 0) is 12.3 Å². The SMILES string of the molecule is CC[C@H](c1nnc(SCc2cc(-c3ccco3)on2)n1Cc1ccccc1)N(C)C. The maximum atomic E-state index is 5.41. The molecule has 4 rings (SSSR count). The number of thioether (sulfide) groups is 1. The van der Waals surface area contributed by atoms with Crippen molar-refractivity contribution in [3.8, 4) is 11.5 Å². The smallest absolute Gasteiger partial charge is 0.202 e. The predicted octanol–water partition coefficient (Wildman–Crippen LogP) is 4.88. The van der Waals surface area contributed by atoms with Gasteiger partial charge in [0.25, 0.3) is 0 Å². The lowest BCUT2D eigenvalue weighted by atomic mass is 10.2. The van der Waals surface area contributed by atoms with Crippen LogP contribution in [0.5, 0.6) is 0 Å². The summed E-state index contributed by atoms with van der Waals surface area (Å²) < 4.78 is 13.0. The second-order valence-electron chi connectivity index (χ2n) is 7.25. The van der Waals surface area contributed by atoms with Crippen molar-refractivity contribution in [3.63, 3.8) is 0 Å². The molecule has 7 nitrogen and oxygen atoms in total. The third-order valence-corrected chi connectivity index (χ3v) is 5.91. The first-order chi connectivity index (χ1) is 14.7. The lowest BCUT2D eigenvalue weighted by Crippen LogP contribution is -2.23. The van der Waals surface area contributed by atoms with E-state index in [-0.39, 0.29) is 6.04 Å². The predicted molar refractivity (Wildman–Crippen MR) is 116 cm³/mol. The van der Waals surface area contributed by atoms with Gasteiger partial charge in [0.15, 0.2) is 16.7 Å². The molecular formula is C22H25N5O2S. The van der Waals surface area contributed by atoms with Crippen molar-refractivity contribution in [2.45, 2.75) is 36.8 Å². The van der Waals surface area contributed by atoms with Gasteiger partial charge in [-0.1, -0.05) is 54.2 Å². The highest BCUT2D eigenvalue weighted by Crippen LogP contribution is 2.29. The van der Waals surface area contributed by atoms with Gasteiger partial charge in [-0.25, -0.2) is 0 Å². The Morgan fingerprint density at radius 2 is 1.90 bits per heavy atom. The summed E-state index contributed by atoms with van der Waals surface area (Å²) in [6, 6.07) is 16.2. The van der Waals surface area contributed by atoms with Crippen LogP contribution < -0.4 is 0 Å². The van der Waals surface area contributed by atoms with E-state index in [1.165, 1.54) is 5.56 Å². The highest BCUT2D eigenvalue weighted by atomic mass is 32.2. The lowest BCUT2D eigenvalue weighted by Gasteiger charge is -2.23. The molecular weight excluding hydrogens is 398 g/mol. The van der Waals surface area contributed by atoms with Gasteiger partial charge in [0.1, 0.15) is 0 Å². The summed E-state index contributed by atoms with van der Waals surface area (Å²) in [4.78, 5) is 2.19. The molecule has 4 aromatic rings. The van der Waals surface area contributed by atoms with Crippen molar-refractivity contribution in [3.05, 3.63) is 71.9 Å². The number of rotatable bonds is 9. The van der Waals surface area contributed by atoms with E-state index in [1.54, 1.807) is 18.0 Å². The Kier molecular flexibility index (Phi) is 6.35. The Hall–Kier alpha value is -2.84. The summed E-state index contributed by atoms with van der Waals surface area (Å²) in [5.41, 5.74) is 2.05. The zero-order valence-electron chi connectivity index (χ0n) is 17.4. The van der Waals surface area contributed by atoms with E-state index in [2.05, 4.69) is 70.1 Å². The third-order valence-electron chi connectivity index (χ3n) is 4.91. The quantitative estimate of drug-likeness (QED) is 0.355. The number of nitrogens with zero attached hydrogens (tertiary/aromatic N) is 5. The standard InChI is InChI=1S/C22H25N5O2S/c1-4-18(26(2)3)21-23-24-22(27(21)14-16-9-6-5-7-10-16)30-15-17-13-20(29-25-17)19-11-8-12-28-19/h5-13,18H,4,14-15H2,1-3H3/t18-/m1/s1. The minimum absolute atomic E-state index is 0.202. The monoisotopic (exact) mass is 423 g/mol. The molecule has 0 aliphatic carbocycles. The van der Waals surface area contributed by atoms with E-state index < -0.39 is 0 Å². The van der Waals surface area contributed by atoms with E-state index in [0.29, 0.717) is 17.3 Å². The van der Waals surface area contributed by atoms with E-state index in [0.717, 1.165) is 29.6 Å². The van der Waals surface area contributed by atoms with Crippen LogP contribution in [0.1, 0.15) is 36.5 Å². The van der Waals surface area contributed by atoms with Gasteiger partial charge in [-0.15, -0.1) is 10.2 Å². The Morgan fingerprint density at radius 3 is 2.60 bits per heavy atom. The molecule has 8 heteroatoms.